The van der Waals surface area contributed by atoms with Crippen LogP contribution >= 0.6 is 0 Å². The molecule has 2 heterocycles. The number of nitrogens with one attached hydrogen (secondary N) is 1. The molecule has 0 saturated carbocycles. The standard InChI is InChI=1S/C23H30N4O.C2HF3O2/c1-18-7-5-6-10-21(18)23(28)25-22-11-14-24-27(22)20-12-15-26(16-13-20)17-19-8-3-2-4-9-19;3-2(4,5)1(6)7/h2-3,5-7,10-11,14,19-20H,4,8-9,12-13,15-17H2,1H3,(H,25,28);(H,6,7). The molecule has 1 saturated heterocycles. The first kappa shape index (κ1) is 26.5. The zero-order chi connectivity index (χ0) is 25.4. The number of piperidine rings is 1. The number of aliphatic carboxylic acids is 1. The molecule has 35 heavy (non-hydrogen) atoms. The molecule has 1 aliphatic carbocycles. The number of rotatable bonds is 5. The second-order valence-electron chi connectivity index (χ2n) is 8.92. The van der Waals surface area contributed by atoms with Crippen molar-refractivity contribution in [1.29, 1.82) is 0 Å². The van der Waals surface area contributed by atoms with Gasteiger partial charge in [-0.05, 0) is 56.6 Å². The third-order valence-electron chi connectivity index (χ3n) is 6.34. The van der Waals surface area contributed by atoms with Crippen LogP contribution in [0.3, 0.4) is 0 Å². The molecule has 0 spiro atoms. The fourth-order valence-electron chi connectivity index (χ4n) is 4.45. The molecule has 2 aliphatic rings. The maximum atomic E-state index is 12.7. The summed E-state index contributed by atoms with van der Waals surface area (Å²) in [5.74, 6) is -1.21. The molecule has 0 radical (unpaired) electrons. The molecule has 2 N–H and O–H groups in total. The van der Waals surface area contributed by atoms with Crippen LogP contribution in [0.4, 0.5) is 19.0 Å². The fraction of sp³-hybridized carbons (Fsp3) is 0.480. The lowest BCUT2D eigenvalue weighted by molar-refractivity contribution is -0.192. The van der Waals surface area contributed by atoms with Gasteiger partial charge in [-0.25, -0.2) is 9.48 Å². The smallest absolute Gasteiger partial charge is 0.475 e. The molecule has 4 rings (SSSR count). The summed E-state index contributed by atoms with van der Waals surface area (Å²) in [6.45, 7) is 5.39. The number of allylic oxidation sites excluding steroid dienone is 2. The monoisotopic (exact) mass is 492 g/mol. The van der Waals surface area contributed by atoms with Crippen molar-refractivity contribution in [3.8, 4) is 0 Å². The van der Waals surface area contributed by atoms with E-state index in [2.05, 4.69) is 27.5 Å². The lowest BCUT2D eigenvalue weighted by Gasteiger charge is -2.35. The van der Waals surface area contributed by atoms with Crippen molar-refractivity contribution in [3.05, 3.63) is 59.8 Å². The Morgan fingerprint density at radius 1 is 1.11 bits per heavy atom. The highest BCUT2D eigenvalue weighted by molar-refractivity contribution is 6.04. The Morgan fingerprint density at radius 2 is 1.80 bits per heavy atom. The number of aromatic nitrogens is 2. The van der Waals surface area contributed by atoms with E-state index in [1.165, 1.54) is 25.8 Å². The summed E-state index contributed by atoms with van der Waals surface area (Å²) >= 11 is 0. The van der Waals surface area contributed by atoms with Crippen LogP contribution < -0.4 is 5.32 Å². The van der Waals surface area contributed by atoms with E-state index < -0.39 is 12.1 Å². The minimum Gasteiger partial charge on any atom is -0.475 e. The molecule has 1 fully saturated rings. The predicted octanol–water partition coefficient (Wildman–Crippen LogP) is 5.07. The van der Waals surface area contributed by atoms with Gasteiger partial charge in [0.15, 0.2) is 0 Å². The summed E-state index contributed by atoms with van der Waals surface area (Å²) in [6, 6.07) is 9.93. The van der Waals surface area contributed by atoms with Crippen LogP contribution in [0.1, 0.15) is 54.1 Å². The third kappa shape index (κ3) is 7.68. The van der Waals surface area contributed by atoms with Gasteiger partial charge < -0.3 is 15.3 Å². The van der Waals surface area contributed by atoms with E-state index in [9.17, 15) is 18.0 Å². The van der Waals surface area contributed by atoms with E-state index >= 15 is 0 Å². The zero-order valence-electron chi connectivity index (χ0n) is 19.7. The van der Waals surface area contributed by atoms with Gasteiger partial charge in [0.25, 0.3) is 5.91 Å². The van der Waals surface area contributed by atoms with Crippen molar-refractivity contribution in [3.63, 3.8) is 0 Å². The van der Waals surface area contributed by atoms with Gasteiger partial charge in [-0.3, -0.25) is 4.79 Å². The molecular weight excluding hydrogens is 461 g/mol. The molecule has 1 aromatic carbocycles. The maximum Gasteiger partial charge on any atom is 0.490 e. The number of nitrogens with zero attached hydrogens (tertiary/aromatic N) is 3. The summed E-state index contributed by atoms with van der Waals surface area (Å²) in [5, 5.41) is 14.7. The van der Waals surface area contributed by atoms with Crippen molar-refractivity contribution in [1.82, 2.24) is 14.7 Å². The largest absolute Gasteiger partial charge is 0.490 e. The molecule has 2 aromatic rings. The summed E-state index contributed by atoms with van der Waals surface area (Å²) in [6.07, 6.45) is 7.31. The summed E-state index contributed by atoms with van der Waals surface area (Å²) < 4.78 is 33.7. The first-order chi connectivity index (χ1) is 16.6. The summed E-state index contributed by atoms with van der Waals surface area (Å²) in [7, 11) is 0. The lowest BCUT2D eigenvalue weighted by atomic mass is 9.93. The average molecular weight is 493 g/mol. The Kier molecular flexibility index (Phi) is 9.08. The number of aryl methyl sites for hydroxylation is 1. The molecule has 1 aromatic heterocycles. The second-order valence-corrected chi connectivity index (χ2v) is 8.92. The number of carboxylic acids is 1. The first-order valence-corrected chi connectivity index (χ1v) is 11.7. The highest BCUT2D eigenvalue weighted by Gasteiger charge is 2.38. The lowest BCUT2D eigenvalue weighted by Crippen LogP contribution is -2.38. The van der Waals surface area contributed by atoms with Gasteiger partial charge in [-0.2, -0.15) is 18.3 Å². The van der Waals surface area contributed by atoms with Gasteiger partial charge in [0.05, 0.1) is 12.2 Å². The molecule has 0 bridgehead atoms. The van der Waals surface area contributed by atoms with Crippen LogP contribution in [0.25, 0.3) is 0 Å². The van der Waals surface area contributed by atoms with Crippen LogP contribution in [0, 0.1) is 12.8 Å². The Balaban J connectivity index is 0.000000429. The van der Waals surface area contributed by atoms with E-state index in [1.807, 2.05) is 41.9 Å². The molecular formula is C25H31F3N4O3. The Labute approximate surface area is 202 Å². The van der Waals surface area contributed by atoms with Crippen molar-refractivity contribution < 1.29 is 27.9 Å². The van der Waals surface area contributed by atoms with Gasteiger partial charge in [0.1, 0.15) is 5.82 Å². The summed E-state index contributed by atoms with van der Waals surface area (Å²) in [4.78, 5) is 24.2. The maximum absolute atomic E-state index is 12.7. The van der Waals surface area contributed by atoms with E-state index in [0.29, 0.717) is 11.6 Å². The number of halogens is 3. The van der Waals surface area contributed by atoms with Crippen LogP contribution in [0.2, 0.25) is 0 Å². The van der Waals surface area contributed by atoms with Crippen LogP contribution in [-0.4, -0.2) is 57.5 Å². The second kappa shape index (κ2) is 12.0. The van der Waals surface area contributed by atoms with Crippen LogP contribution in [-0.2, 0) is 4.79 Å². The number of anilines is 1. The number of carbonyl (C=O) groups is 2. The summed E-state index contributed by atoms with van der Waals surface area (Å²) in [5.41, 5.74) is 1.70. The molecule has 1 atom stereocenters. The third-order valence-corrected chi connectivity index (χ3v) is 6.34. The van der Waals surface area contributed by atoms with Gasteiger partial charge in [-0.1, -0.05) is 30.4 Å². The van der Waals surface area contributed by atoms with Gasteiger partial charge >= 0.3 is 12.1 Å². The zero-order valence-corrected chi connectivity index (χ0v) is 19.7. The topological polar surface area (TPSA) is 87.5 Å². The number of amides is 1. The highest BCUT2D eigenvalue weighted by atomic mass is 19.4. The Morgan fingerprint density at radius 3 is 2.40 bits per heavy atom. The molecule has 190 valence electrons. The van der Waals surface area contributed by atoms with Crippen molar-refractivity contribution >= 4 is 17.7 Å². The minimum atomic E-state index is -5.08. The van der Waals surface area contributed by atoms with E-state index in [4.69, 9.17) is 9.90 Å². The Hall–Kier alpha value is -3.14. The molecule has 1 aliphatic heterocycles. The van der Waals surface area contributed by atoms with Crippen molar-refractivity contribution in [2.45, 2.75) is 51.2 Å². The van der Waals surface area contributed by atoms with Crippen molar-refractivity contribution in [2.24, 2.45) is 5.92 Å². The number of hydrogen-bond donors (Lipinski definition) is 2. The van der Waals surface area contributed by atoms with Crippen LogP contribution in [0.15, 0.2) is 48.7 Å². The SMILES string of the molecule is Cc1ccccc1C(=O)Nc1ccnn1C1CCN(CC2CC=CCC2)CC1.O=C(O)C(F)(F)F. The van der Waals surface area contributed by atoms with Gasteiger partial charge in [0, 0.05) is 31.3 Å². The quantitative estimate of drug-likeness (QED) is 0.569. The van der Waals surface area contributed by atoms with Crippen LogP contribution in [0.5, 0.6) is 0 Å². The Bertz CT molecular complexity index is 1030. The average Bonchev–Trinajstić information content (AvgIpc) is 3.28. The number of benzene rings is 1. The number of carbonyl (C=O) groups excluding carboxylic acids is 1. The molecule has 1 unspecified atom stereocenters. The fourth-order valence-corrected chi connectivity index (χ4v) is 4.45. The normalized spacial score (nSPS) is 19.0. The number of carboxylic acid groups (broad SMARTS) is 1. The molecule has 7 nitrogen and oxygen atoms in total. The minimum absolute atomic E-state index is 0.0670. The number of likely N-dealkylation sites (tertiary alicyclic amines) is 1. The van der Waals surface area contributed by atoms with E-state index in [0.717, 1.165) is 43.2 Å². The van der Waals surface area contributed by atoms with Crippen molar-refractivity contribution in [2.75, 3.05) is 25.0 Å². The van der Waals surface area contributed by atoms with E-state index in [-0.39, 0.29) is 5.91 Å². The number of hydrogen-bond acceptors (Lipinski definition) is 4. The molecule has 10 heteroatoms. The number of alkyl halides is 3. The van der Waals surface area contributed by atoms with Gasteiger partial charge in [0.2, 0.25) is 0 Å². The van der Waals surface area contributed by atoms with Gasteiger partial charge in [-0.15, -0.1) is 0 Å². The predicted molar refractivity (Wildman–Crippen MR) is 126 cm³/mol. The first-order valence-electron chi connectivity index (χ1n) is 11.7. The van der Waals surface area contributed by atoms with E-state index in [1.54, 1.807) is 6.20 Å². The molecule has 1 amide bonds. The highest BCUT2D eigenvalue weighted by Crippen LogP contribution is 2.28.